The second-order valence-electron chi connectivity index (χ2n) is 4.39. The van der Waals surface area contributed by atoms with Crippen LogP contribution >= 0.6 is 0 Å². The molecule has 0 bridgehead atoms. The van der Waals surface area contributed by atoms with Crippen LogP contribution in [0.15, 0.2) is 41.4 Å². The summed E-state index contributed by atoms with van der Waals surface area (Å²) >= 11 is 0. The lowest BCUT2D eigenvalue weighted by molar-refractivity contribution is 0.0592. The Morgan fingerprint density at radius 3 is 2.45 bits per heavy atom. The standard InChI is InChI=1S/C13H13BNO6S/c1-9-3-5-11(6-4-9)22(18,19)15-8-10(21-14-17)7-12(15)13(16)20-2/h3-8,17H,1-2H3. The molecule has 0 atom stereocenters. The van der Waals surface area contributed by atoms with Gasteiger partial charge >= 0.3 is 13.7 Å². The summed E-state index contributed by atoms with van der Waals surface area (Å²) < 4.78 is 35.3. The minimum atomic E-state index is -4.00. The van der Waals surface area contributed by atoms with Gasteiger partial charge in [-0.2, -0.15) is 0 Å². The van der Waals surface area contributed by atoms with Gasteiger partial charge in [0.15, 0.2) is 0 Å². The van der Waals surface area contributed by atoms with E-state index in [1.54, 1.807) is 12.1 Å². The fourth-order valence-electron chi connectivity index (χ4n) is 1.82. The molecule has 1 heterocycles. The minimum Gasteiger partial charge on any atom is -0.536 e. The van der Waals surface area contributed by atoms with Gasteiger partial charge in [0.2, 0.25) is 0 Å². The molecule has 0 aliphatic rings. The summed E-state index contributed by atoms with van der Waals surface area (Å²) in [5.41, 5.74) is 0.665. The smallest absolute Gasteiger partial charge is 0.536 e. The summed E-state index contributed by atoms with van der Waals surface area (Å²) in [6.07, 6.45) is 1.08. The highest BCUT2D eigenvalue weighted by Crippen LogP contribution is 2.23. The Labute approximate surface area is 128 Å². The van der Waals surface area contributed by atoms with Crippen LogP contribution < -0.4 is 4.65 Å². The van der Waals surface area contributed by atoms with E-state index in [2.05, 4.69) is 4.74 Å². The van der Waals surface area contributed by atoms with E-state index in [-0.39, 0.29) is 16.3 Å². The molecule has 0 saturated carbocycles. The van der Waals surface area contributed by atoms with E-state index >= 15 is 0 Å². The second kappa shape index (κ2) is 6.24. The molecule has 1 aromatic carbocycles. The lowest BCUT2D eigenvalue weighted by Gasteiger charge is -2.09. The van der Waals surface area contributed by atoms with Gasteiger partial charge in [0.25, 0.3) is 10.0 Å². The molecule has 0 saturated heterocycles. The number of rotatable bonds is 5. The molecule has 2 aromatic rings. The van der Waals surface area contributed by atoms with E-state index in [4.69, 9.17) is 9.68 Å². The van der Waals surface area contributed by atoms with Gasteiger partial charge in [0, 0.05) is 6.07 Å². The van der Waals surface area contributed by atoms with Crippen LogP contribution in [0.3, 0.4) is 0 Å². The molecule has 0 amide bonds. The Balaban J connectivity index is 2.58. The first-order valence-corrected chi connectivity index (χ1v) is 7.59. The summed E-state index contributed by atoms with van der Waals surface area (Å²) in [4.78, 5) is 11.8. The average Bonchev–Trinajstić information content (AvgIpc) is 2.92. The number of aromatic nitrogens is 1. The fourth-order valence-corrected chi connectivity index (χ4v) is 3.16. The van der Waals surface area contributed by atoms with Gasteiger partial charge in [-0.05, 0) is 19.1 Å². The number of benzene rings is 1. The summed E-state index contributed by atoms with van der Waals surface area (Å²) in [7, 11) is -2.47. The minimum absolute atomic E-state index is 0.0124. The van der Waals surface area contributed by atoms with Crippen LogP contribution in [-0.4, -0.2) is 38.2 Å². The predicted octanol–water partition coefficient (Wildman–Crippen LogP) is 0.725. The lowest BCUT2D eigenvalue weighted by atomic mass is 10.2. The van der Waals surface area contributed by atoms with Gasteiger partial charge < -0.3 is 14.4 Å². The third kappa shape index (κ3) is 3.00. The first kappa shape index (κ1) is 16.1. The Kier molecular flexibility index (Phi) is 4.58. The van der Waals surface area contributed by atoms with Crippen LogP contribution in [0.25, 0.3) is 0 Å². The molecule has 2 rings (SSSR count). The van der Waals surface area contributed by atoms with Crippen molar-refractivity contribution >= 4 is 23.7 Å². The normalized spacial score (nSPS) is 11.0. The molecule has 0 aliphatic heterocycles. The third-order valence-electron chi connectivity index (χ3n) is 2.92. The first-order chi connectivity index (χ1) is 10.4. The summed E-state index contributed by atoms with van der Waals surface area (Å²) in [6, 6.07) is 7.32. The zero-order valence-corrected chi connectivity index (χ0v) is 12.7. The Hall–Kier alpha value is -2.26. The van der Waals surface area contributed by atoms with E-state index in [1.165, 1.54) is 12.1 Å². The van der Waals surface area contributed by atoms with E-state index in [0.717, 1.165) is 28.9 Å². The molecule has 22 heavy (non-hydrogen) atoms. The van der Waals surface area contributed by atoms with Crippen LogP contribution in [-0.2, 0) is 14.8 Å². The van der Waals surface area contributed by atoms with E-state index in [9.17, 15) is 13.2 Å². The van der Waals surface area contributed by atoms with Crippen LogP contribution in [0.1, 0.15) is 16.1 Å². The molecule has 115 valence electrons. The molecule has 1 radical (unpaired) electrons. The van der Waals surface area contributed by atoms with Gasteiger partial charge in [0.05, 0.1) is 18.2 Å². The summed E-state index contributed by atoms with van der Waals surface area (Å²) in [5.74, 6) is -0.859. The fraction of sp³-hybridized carbons (Fsp3) is 0.154. The Bertz CT molecular complexity index is 781. The molecule has 0 spiro atoms. The van der Waals surface area contributed by atoms with Crippen molar-refractivity contribution in [2.75, 3.05) is 7.11 Å². The van der Waals surface area contributed by atoms with Gasteiger partial charge in [-0.15, -0.1) is 0 Å². The Morgan fingerprint density at radius 2 is 1.91 bits per heavy atom. The zero-order valence-electron chi connectivity index (χ0n) is 11.9. The number of hydrogen-bond donors (Lipinski definition) is 1. The number of nitrogens with zero attached hydrogens (tertiary/aromatic N) is 1. The molecular formula is C13H13BNO6S. The molecule has 9 heteroatoms. The van der Waals surface area contributed by atoms with E-state index in [1.807, 2.05) is 6.92 Å². The second-order valence-corrected chi connectivity index (χ2v) is 6.20. The molecule has 1 N–H and O–H groups in total. The van der Waals surface area contributed by atoms with E-state index < -0.39 is 16.0 Å². The zero-order chi connectivity index (χ0) is 16.3. The maximum atomic E-state index is 12.6. The summed E-state index contributed by atoms with van der Waals surface area (Å²) in [5, 5.41) is 8.64. The molecule has 0 fully saturated rings. The van der Waals surface area contributed by atoms with Crippen molar-refractivity contribution in [1.29, 1.82) is 0 Å². The molecule has 1 aromatic heterocycles. The van der Waals surface area contributed by atoms with Crippen LogP contribution in [0.2, 0.25) is 0 Å². The average molecular weight is 322 g/mol. The number of hydrogen-bond acceptors (Lipinski definition) is 6. The van der Waals surface area contributed by atoms with Crippen LogP contribution in [0.4, 0.5) is 0 Å². The largest absolute Gasteiger partial charge is 0.569 e. The van der Waals surface area contributed by atoms with Crippen molar-refractivity contribution in [2.24, 2.45) is 0 Å². The number of aryl methyl sites for hydroxylation is 1. The van der Waals surface area contributed by atoms with E-state index in [0.29, 0.717) is 7.69 Å². The SMILES string of the molecule is COC(=O)c1cc(O[B]O)cn1S(=O)(=O)c1ccc(C)cc1. The van der Waals surface area contributed by atoms with Crippen molar-refractivity contribution in [1.82, 2.24) is 3.97 Å². The summed E-state index contributed by atoms with van der Waals surface area (Å²) in [6.45, 7) is 1.83. The van der Waals surface area contributed by atoms with Gasteiger partial charge in [-0.1, -0.05) is 17.7 Å². The lowest BCUT2D eigenvalue weighted by Crippen LogP contribution is -2.18. The predicted molar refractivity (Wildman–Crippen MR) is 78.1 cm³/mol. The van der Waals surface area contributed by atoms with Crippen molar-refractivity contribution in [3.8, 4) is 5.75 Å². The topological polar surface area (TPSA) is 94.8 Å². The maximum absolute atomic E-state index is 12.6. The quantitative estimate of drug-likeness (QED) is 0.644. The van der Waals surface area contributed by atoms with Crippen molar-refractivity contribution < 1.29 is 27.6 Å². The van der Waals surface area contributed by atoms with Crippen molar-refractivity contribution in [3.05, 3.63) is 47.8 Å². The molecular weight excluding hydrogens is 309 g/mol. The molecule has 7 nitrogen and oxygen atoms in total. The van der Waals surface area contributed by atoms with Gasteiger partial charge in [-0.3, -0.25) is 0 Å². The monoisotopic (exact) mass is 322 g/mol. The first-order valence-electron chi connectivity index (χ1n) is 6.15. The third-order valence-corrected chi connectivity index (χ3v) is 4.61. The van der Waals surface area contributed by atoms with Crippen molar-refractivity contribution in [3.63, 3.8) is 0 Å². The Morgan fingerprint density at radius 1 is 1.27 bits per heavy atom. The van der Waals surface area contributed by atoms with Crippen molar-refractivity contribution in [2.45, 2.75) is 11.8 Å². The highest BCUT2D eigenvalue weighted by molar-refractivity contribution is 7.90. The highest BCUT2D eigenvalue weighted by atomic mass is 32.2. The molecule has 0 aliphatic carbocycles. The number of methoxy groups -OCH3 is 1. The number of esters is 1. The maximum Gasteiger partial charge on any atom is 0.569 e. The van der Waals surface area contributed by atoms with Crippen LogP contribution in [0.5, 0.6) is 5.75 Å². The highest BCUT2D eigenvalue weighted by Gasteiger charge is 2.25. The van der Waals surface area contributed by atoms with Gasteiger partial charge in [-0.25, -0.2) is 17.2 Å². The number of ether oxygens (including phenoxy) is 1. The van der Waals surface area contributed by atoms with Crippen LogP contribution in [0, 0.1) is 6.92 Å². The molecule has 0 unspecified atom stereocenters. The number of carbonyl (C=O) groups is 1. The number of carbonyl (C=O) groups excluding carboxylic acids is 1. The van der Waals surface area contributed by atoms with Gasteiger partial charge in [0.1, 0.15) is 11.4 Å².